The lowest BCUT2D eigenvalue weighted by atomic mass is 9.77. The van der Waals surface area contributed by atoms with Crippen LogP contribution in [0.15, 0.2) is 30.3 Å². The zero-order valence-electron chi connectivity index (χ0n) is 17.4. The Balaban J connectivity index is 1.93. The van der Waals surface area contributed by atoms with Gasteiger partial charge in [0, 0.05) is 12.1 Å². The molecule has 0 radical (unpaired) electrons. The summed E-state index contributed by atoms with van der Waals surface area (Å²) in [6, 6.07) is 10.2. The SMILES string of the molecule is COc1ccc2c3c(c4cc(OC)c(OC)cc4c2c1)[C@H](O)[C@@]1(C)CCCN1C3. The lowest BCUT2D eigenvalue weighted by Crippen LogP contribution is -2.49. The van der Waals surface area contributed by atoms with E-state index in [9.17, 15) is 5.11 Å². The molecule has 2 aliphatic heterocycles. The first-order valence-corrected chi connectivity index (χ1v) is 10.1. The summed E-state index contributed by atoms with van der Waals surface area (Å²) in [5.41, 5.74) is 2.00. The van der Waals surface area contributed by atoms with Gasteiger partial charge >= 0.3 is 0 Å². The summed E-state index contributed by atoms with van der Waals surface area (Å²) in [4.78, 5) is 2.44. The molecule has 2 atom stereocenters. The first-order chi connectivity index (χ1) is 14.0. The van der Waals surface area contributed by atoms with Gasteiger partial charge in [-0.15, -0.1) is 0 Å². The summed E-state index contributed by atoms with van der Waals surface area (Å²) in [6.45, 7) is 4.06. The third-order valence-corrected chi connectivity index (χ3v) is 7.03. The first-order valence-electron chi connectivity index (χ1n) is 10.1. The fourth-order valence-electron chi connectivity index (χ4n) is 5.36. The van der Waals surface area contributed by atoms with Crippen LogP contribution in [0.5, 0.6) is 17.2 Å². The van der Waals surface area contributed by atoms with Gasteiger partial charge in [0.25, 0.3) is 0 Å². The standard InChI is InChI=1S/C24H27NO4/c1-24-8-5-9-25(24)13-19-15-7-6-14(27-2)10-16(15)17-11-20(28-3)21(29-4)12-18(17)22(19)23(24)26/h6-7,10-12,23,26H,5,8-9,13H2,1-4H3/t23-,24+/m0/s1. The van der Waals surface area contributed by atoms with E-state index in [1.807, 2.05) is 18.2 Å². The molecule has 3 aromatic carbocycles. The van der Waals surface area contributed by atoms with Crippen molar-refractivity contribution in [2.75, 3.05) is 27.9 Å². The number of methoxy groups -OCH3 is 3. The summed E-state index contributed by atoms with van der Waals surface area (Å²) in [5.74, 6) is 2.18. The predicted octanol–water partition coefficient (Wildman–Crippen LogP) is 4.42. The van der Waals surface area contributed by atoms with Crippen LogP contribution in [-0.2, 0) is 6.54 Å². The Hall–Kier alpha value is -2.50. The quantitative estimate of drug-likeness (QED) is 0.668. The Morgan fingerprint density at radius 2 is 1.62 bits per heavy atom. The van der Waals surface area contributed by atoms with E-state index in [1.165, 1.54) is 5.56 Å². The molecule has 1 N–H and O–H groups in total. The molecule has 5 nitrogen and oxygen atoms in total. The number of nitrogens with zero attached hydrogens (tertiary/aromatic N) is 1. The van der Waals surface area contributed by atoms with Gasteiger partial charge in [0.2, 0.25) is 0 Å². The minimum absolute atomic E-state index is 0.229. The van der Waals surface area contributed by atoms with Gasteiger partial charge in [-0.2, -0.15) is 0 Å². The van der Waals surface area contributed by atoms with Crippen LogP contribution in [0.4, 0.5) is 0 Å². The summed E-state index contributed by atoms with van der Waals surface area (Å²) >= 11 is 0. The average molecular weight is 393 g/mol. The van der Waals surface area contributed by atoms with Gasteiger partial charge in [-0.3, -0.25) is 4.90 Å². The largest absolute Gasteiger partial charge is 0.497 e. The number of hydrogen-bond donors (Lipinski definition) is 1. The van der Waals surface area contributed by atoms with Crippen LogP contribution in [0.1, 0.15) is 37.0 Å². The monoisotopic (exact) mass is 393 g/mol. The number of fused-ring (bicyclic) bond motifs is 7. The first kappa shape index (κ1) is 18.5. The summed E-state index contributed by atoms with van der Waals surface area (Å²) < 4.78 is 16.7. The van der Waals surface area contributed by atoms with Crippen molar-refractivity contribution in [2.24, 2.45) is 0 Å². The average Bonchev–Trinajstić information content (AvgIpc) is 3.14. The maximum atomic E-state index is 11.6. The van der Waals surface area contributed by atoms with E-state index in [0.29, 0.717) is 11.5 Å². The van der Waals surface area contributed by atoms with Crippen molar-refractivity contribution in [3.63, 3.8) is 0 Å². The van der Waals surface area contributed by atoms with Crippen LogP contribution in [0.2, 0.25) is 0 Å². The fraction of sp³-hybridized carbons (Fsp3) is 0.417. The summed E-state index contributed by atoms with van der Waals surface area (Å²) in [5, 5.41) is 15.9. The molecule has 1 fully saturated rings. The molecule has 0 aromatic heterocycles. The third-order valence-electron chi connectivity index (χ3n) is 7.03. The summed E-state index contributed by atoms with van der Waals surface area (Å²) in [7, 11) is 4.98. The zero-order valence-corrected chi connectivity index (χ0v) is 17.4. The van der Waals surface area contributed by atoms with Crippen LogP contribution in [0.3, 0.4) is 0 Å². The number of ether oxygens (including phenoxy) is 3. The fourth-order valence-corrected chi connectivity index (χ4v) is 5.36. The van der Waals surface area contributed by atoms with Crippen molar-refractivity contribution in [3.05, 3.63) is 41.5 Å². The molecule has 0 amide bonds. The van der Waals surface area contributed by atoms with E-state index in [-0.39, 0.29) is 5.54 Å². The Labute approximate surface area is 170 Å². The Bertz CT molecular complexity index is 1130. The van der Waals surface area contributed by atoms with E-state index in [0.717, 1.165) is 58.8 Å². The van der Waals surface area contributed by atoms with E-state index >= 15 is 0 Å². The maximum Gasteiger partial charge on any atom is 0.161 e. The van der Waals surface area contributed by atoms with E-state index in [2.05, 4.69) is 24.0 Å². The molecule has 0 aliphatic carbocycles. The predicted molar refractivity (Wildman–Crippen MR) is 114 cm³/mol. The second kappa shape index (κ2) is 6.51. The van der Waals surface area contributed by atoms with Gasteiger partial charge in [-0.25, -0.2) is 0 Å². The molecule has 2 aliphatic rings. The molecule has 2 heterocycles. The van der Waals surface area contributed by atoms with Crippen molar-refractivity contribution in [1.29, 1.82) is 0 Å². The van der Waals surface area contributed by atoms with Crippen LogP contribution < -0.4 is 14.2 Å². The molecular weight excluding hydrogens is 366 g/mol. The van der Waals surface area contributed by atoms with Gasteiger partial charge in [0.1, 0.15) is 5.75 Å². The van der Waals surface area contributed by atoms with Gasteiger partial charge in [0.05, 0.1) is 27.4 Å². The van der Waals surface area contributed by atoms with Crippen molar-refractivity contribution in [1.82, 2.24) is 4.90 Å². The highest BCUT2D eigenvalue weighted by Gasteiger charge is 2.48. The molecule has 1 saturated heterocycles. The normalized spacial score (nSPS) is 23.8. The van der Waals surface area contributed by atoms with E-state index in [4.69, 9.17) is 14.2 Å². The van der Waals surface area contributed by atoms with Crippen molar-refractivity contribution < 1.29 is 19.3 Å². The second-order valence-corrected chi connectivity index (χ2v) is 8.34. The lowest BCUT2D eigenvalue weighted by molar-refractivity contribution is -0.0142. The van der Waals surface area contributed by atoms with Crippen LogP contribution >= 0.6 is 0 Å². The van der Waals surface area contributed by atoms with Gasteiger partial charge in [0.15, 0.2) is 11.5 Å². The number of benzene rings is 3. The molecule has 29 heavy (non-hydrogen) atoms. The minimum Gasteiger partial charge on any atom is -0.497 e. The highest BCUT2D eigenvalue weighted by Crippen LogP contribution is 2.51. The Morgan fingerprint density at radius 1 is 0.931 bits per heavy atom. The molecule has 0 saturated carbocycles. The van der Waals surface area contributed by atoms with Gasteiger partial charge < -0.3 is 19.3 Å². The maximum absolute atomic E-state index is 11.6. The highest BCUT2D eigenvalue weighted by molar-refractivity contribution is 6.12. The number of hydrogen-bond acceptors (Lipinski definition) is 5. The second-order valence-electron chi connectivity index (χ2n) is 8.34. The number of aliphatic hydroxyl groups excluding tert-OH is 1. The minimum atomic E-state index is -0.555. The molecule has 0 spiro atoms. The topological polar surface area (TPSA) is 51.2 Å². The van der Waals surface area contributed by atoms with Crippen molar-refractivity contribution in [3.8, 4) is 17.2 Å². The molecule has 0 bridgehead atoms. The molecule has 0 unspecified atom stereocenters. The van der Waals surface area contributed by atoms with E-state index < -0.39 is 6.10 Å². The smallest absolute Gasteiger partial charge is 0.161 e. The lowest BCUT2D eigenvalue weighted by Gasteiger charge is -2.45. The van der Waals surface area contributed by atoms with Crippen molar-refractivity contribution in [2.45, 2.75) is 38.0 Å². The molecule has 3 aromatic rings. The Morgan fingerprint density at radius 3 is 2.31 bits per heavy atom. The molecular formula is C24H27NO4. The van der Waals surface area contributed by atoms with Crippen LogP contribution in [0.25, 0.3) is 21.5 Å². The number of rotatable bonds is 3. The van der Waals surface area contributed by atoms with Gasteiger partial charge in [-0.05, 0) is 83.2 Å². The van der Waals surface area contributed by atoms with Crippen molar-refractivity contribution >= 4 is 21.5 Å². The summed E-state index contributed by atoms with van der Waals surface area (Å²) in [6.07, 6.45) is 1.56. The number of aliphatic hydroxyl groups is 1. The van der Waals surface area contributed by atoms with Crippen LogP contribution in [0, 0.1) is 0 Å². The van der Waals surface area contributed by atoms with Gasteiger partial charge in [-0.1, -0.05) is 6.07 Å². The zero-order chi connectivity index (χ0) is 20.3. The molecule has 152 valence electrons. The highest BCUT2D eigenvalue weighted by atomic mass is 16.5. The van der Waals surface area contributed by atoms with E-state index in [1.54, 1.807) is 21.3 Å². The molecule has 5 rings (SSSR count). The molecule has 5 heteroatoms. The third kappa shape index (κ3) is 2.47. The Kier molecular flexibility index (Phi) is 4.16. The van der Waals surface area contributed by atoms with Crippen LogP contribution in [-0.4, -0.2) is 43.4 Å².